The van der Waals surface area contributed by atoms with Crippen molar-refractivity contribution in [2.24, 2.45) is 11.8 Å². The molecule has 2 atom stereocenters. The van der Waals surface area contributed by atoms with E-state index >= 15 is 0 Å². The number of nitrogens with zero attached hydrogens (tertiary/aromatic N) is 1. The molecule has 0 amide bonds. The van der Waals surface area contributed by atoms with Crippen molar-refractivity contribution in [2.45, 2.75) is 58.0 Å². The minimum absolute atomic E-state index is 0.657. The van der Waals surface area contributed by atoms with Crippen molar-refractivity contribution in [3.8, 4) is 0 Å². The molecular weight excluding hydrogens is 220 g/mol. The second-order valence-corrected chi connectivity index (χ2v) is 6.47. The van der Waals surface area contributed by atoms with Gasteiger partial charge in [0, 0.05) is 31.7 Å². The highest BCUT2D eigenvalue weighted by Gasteiger charge is 2.33. The molecule has 0 radical (unpaired) electrons. The summed E-state index contributed by atoms with van der Waals surface area (Å²) in [6, 6.07) is 1.41. The Bertz CT molecular complexity index is 256. The van der Waals surface area contributed by atoms with Crippen LogP contribution in [0.1, 0.15) is 46.0 Å². The third kappa shape index (κ3) is 3.36. The maximum atomic E-state index is 3.94. The lowest BCUT2D eigenvalue weighted by atomic mass is 9.81. The van der Waals surface area contributed by atoms with Gasteiger partial charge in [-0.15, -0.1) is 6.58 Å². The van der Waals surface area contributed by atoms with Crippen molar-refractivity contribution in [2.75, 3.05) is 19.6 Å². The van der Waals surface area contributed by atoms with Crippen LogP contribution in [0.4, 0.5) is 0 Å². The SMILES string of the molecule is C=CCN1CC(C(C)C)NCC1C1CCCCC1. The molecule has 0 spiro atoms. The molecule has 1 saturated carbocycles. The molecule has 0 bridgehead atoms. The first-order chi connectivity index (χ1) is 8.72. The van der Waals surface area contributed by atoms with E-state index in [0.29, 0.717) is 6.04 Å². The van der Waals surface area contributed by atoms with Crippen LogP contribution >= 0.6 is 0 Å². The van der Waals surface area contributed by atoms with Crippen LogP contribution in [0.15, 0.2) is 12.7 Å². The molecule has 2 aliphatic rings. The van der Waals surface area contributed by atoms with E-state index in [9.17, 15) is 0 Å². The van der Waals surface area contributed by atoms with Crippen LogP contribution in [-0.2, 0) is 0 Å². The van der Waals surface area contributed by atoms with Crippen molar-refractivity contribution >= 4 is 0 Å². The Kier molecular flexibility index (Phi) is 5.25. The number of hydrogen-bond donors (Lipinski definition) is 1. The molecule has 1 heterocycles. The van der Waals surface area contributed by atoms with Gasteiger partial charge >= 0.3 is 0 Å². The molecule has 0 aromatic heterocycles. The van der Waals surface area contributed by atoms with Gasteiger partial charge in [0.15, 0.2) is 0 Å². The van der Waals surface area contributed by atoms with Gasteiger partial charge < -0.3 is 5.32 Å². The fourth-order valence-electron chi connectivity index (χ4n) is 3.66. The van der Waals surface area contributed by atoms with E-state index in [4.69, 9.17) is 0 Å². The van der Waals surface area contributed by atoms with E-state index in [0.717, 1.165) is 24.4 Å². The van der Waals surface area contributed by atoms with Crippen molar-refractivity contribution in [3.05, 3.63) is 12.7 Å². The number of hydrogen-bond acceptors (Lipinski definition) is 2. The predicted octanol–water partition coefficient (Wildman–Crippen LogP) is 3.05. The molecule has 1 saturated heterocycles. The molecule has 2 heteroatoms. The van der Waals surface area contributed by atoms with Crippen molar-refractivity contribution < 1.29 is 0 Å². The zero-order valence-corrected chi connectivity index (χ0v) is 12.2. The van der Waals surface area contributed by atoms with Crippen molar-refractivity contribution in [1.82, 2.24) is 10.2 Å². The fourth-order valence-corrected chi connectivity index (χ4v) is 3.66. The van der Waals surface area contributed by atoms with Crippen LogP contribution in [-0.4, -0.2) is 36.6 Å². The van der Waals surface area contributed by atoms with Crippen LogP contribution in [0, 0.1) is 11.8 Å². The van der Waals surface area contributed by atoms with E-state index < -0.39 is 0 Å². The number of nitrogens with one attached hydrogen (secondary N) is 1. The molecule has 0 aromatic rings. The molecule has 104 valence electrons. The van der Waals surface area contributed by atoms with Gasteiger partial charge in [-0.25, -0.2) is 0 Å². The number of rotatable bonds is 4. The third-order valence-corrected chi connectivity index (χ3v) is 4.85. The topological polar surface area (TPSA) is 15.3 Å². The van der Waals surface area contributed by atoms with Crippen LogP contribution in [0.5, 0.6) is 0 Å². The zero-order valence-electron chi connectivity index (χ0n) is 12.2. The van der Waals surface area contributed by atoms with E-state index in [1.165, 1.54) is 45.2 Å². The summed E-state index contributed by atoms with van der Waals surface area (Å²) in [5.74, 6) is 1.64. The molecule has 1 N–H and O–H groups in total. The monoisotopic (exact) mass is 250 g/mol. The first kappa shape index (κ1) is 14.1. The van der Waals surface area contributed by atoms with Gasteiger partial charge in [0.1, 0.15) is 0 Å². The summed E-state index contributed by atoms with van der Waals surface area (Å²) in [5.41, 5.74) is 0. The van der Waals surface area contributed by atoms with Crippen LogP contribution in [0.2, 0.25) is 0 Å². The first-order valence-corrected chi connectivity index (χ1v) is 7.80. The Morgan fingerprint density at radius 3 is 2.61 bits per heavy atom. The summed E-state index contributed by atoms with van der Waals surface area (Å²) < 4.78 is 0. The van der Waals surface area contributed by atoms with Crippen LogP contribution < -0.4 is 5.32 Å². The predicted molar refractivity (Wildman–Crippen MR) is 78.8 cm³/mol. The van der Waals surface area contributed by atoms with Gasteiger partial charge in [-0.2, -0.15) is 0 Å². The molecule has 2 rings (SSSR count). The molecule has 2 nitrogen and oxygen atoms in total. The highest BCUT2D eigenvalue weighted by Crippen LogP contribution is 2.30. The fraction of sp³-hybridized carbons (Fsp3) is 0.875. The van der Waals surface area contributed by atoms with Gasteiger partial charge in [-0.05, 0) is 24.7 Å². The Labute approximate surface area is 113 Å². The average Bonchev–Trinajstić information content (AvgIpc) is 2.40. The Morgan fingerprint density at radius 1 is 1.28 bits per heavy atom. The maximum absolute atomic E-state index is 3.94. The zero-order chi connectivity index (χ0) is 13.0. The second-order valence-electron chi connectivity index (χ2n) is 6.47. The summed E-state index contributed by atoms with van der Waals surface area (Å²) >= 11 is 0. The van der Waals surface area contributed by atoms with Crippen molar-refractivity contribution in [3.63, 3.8) is 0 Å². The minimum Gasteiger partial charge on any atom is -0.311 e. The molecule has 2 unspecified atom stereocenters. The van der Waals surface area contributed by atoms with E-state index in [1.54, 1.807) is 0 Å². The number of piperazine rings is 1. The normalized spacial score (nSPS) is 31.7. The van der Waals surface area contributed by atoms with E-state index in [2.05, 4.69) is 36.7 Å². The van der Waals surface area contributed by atoms with Gasteiger partial charge in [0.2, 0.25) is 0 Å². The quantitative estimate of drug-likeness (QED) is 0.772. The van der Waals surface area contributed by atoms with Crippen LogP contribution in [0.25, 0.3) is 0 Å². The highest BCUT2D eigenvalue weighted by atomic mass is 15.2. The second kappa shape index (κ2) is 6.72. The summed E-state index contributed by atoms with van der Waals surface area (Å²) in [4.78, 5) is 2.68. The van der Waals surface area contributed by atoms with E-state index in [-0.39, 0.29) is 0 Å². The lowest BCUT2D eigenvalue weighted by molar-refractivity contribution is 0.0716. The smallest absolute Gasteiger partial charge is 0.0252 e. The molecule has 0 aromatic carbocycles. The molecule has 18 heavy (non-hydrogen) atoms. The summed E-state index contributed by atoms with van der Waals surface area (Å²) in [6.45, 7) is 12.0. The third-order valence-electron chi connectivity index (χ3n) is 4.85. The highest BCUT2D eigenvalue weighted by molar-refractivity contribution is 4.94. The van der Waals surface area contributed by atoms with E-state index in [1.807, 2.05) is 0 Å². The first-order valence-electron chi connectivity index (χ1n) is 7.80. The van der Waals surface area contributed by atoms with Gasteiger partial charge in [-0.1, -0.05) is 39.2 Å². The maximum Gasteiger partial charge on any atom is 0.0252 e. The molecule has 2 fully saturated rings. The lowest BCUT2D eigenvalue weighted by Gasteiger charge is -2.45. The van der Waals surface area contributed by atoms with Gasteiger partial charge in [0.05, 0.1) is 0 Å². The summed E-state index contributed by atoms with van der Waals surface area (Å²) in [6.07, 6.45) is 9.29. The van der Waals surface area contributed by atoms with Crippen molar-refractivity contribution in [1.29, 1.82) is 0 Å². The average molecular weight is 250 g/mol. The molecule has 1 aliphatic heterocycles. The van der Waals surface area contributed by atoms with Gasteiger partial charge in [0.25, 0.3) is 0 Å². The minimum atomic E-state index is 0.657. The lowest BCUT2D eigenvalue weighted by Crippen LogP contribution is -2.60. The Morgan fingerprint density at radius 2 is 2.00 bits per heavy atom. The standard InChI is InChI=1S/C16H30N2/c1-4-10-18-12-15(13(2)3)17-11-16(18)14-8-6-5-7-9-14/h4,13-17H,1,5-12H2,2-3H3. The Balaban J connectivity index is 1.97. The Hall–Kier alpha value is -0.340. The summed E-state index contributed by atoms with van der Waals surface area (Å²) in [7, 11) is 0. The van der Waals surface area contributed by atoms with Crippen LogP contribution in [0.3, 0.4) is 0 Å². The van der Waals surface area contributed by atoms with Gasteiger partial charge in [-0.3, -0.25) is 4.90 Å². The molecule has 1 aliphatic carbocycles. The molecular formula is C16H30N2. The largest absolute Gasteiger partial charge is 0.311 e. The summed E-state index contributed by atoms with van der Waals surface area (Å²) in [5, 5.41) is 3.78.